The van der Waals surface area contributed by atoms with Crippen molar-refractivity contribution in [2.75, 3.05) is 5.32 Å². The van der Waals surface area contributed by atoms with Crippen molar-refractivity contribution >= 4 is 17.5 Å². The number of carbonyl (C=O) groups is 2. The Hall–Kier alpha value is -3.48. The fourth-order valence-electron chi connectivity index (χ4n) is 2.60. The van der Waals surface area contributed by atoms with Crippen LogP contribution in [0.4, 0.5) is 10.1 Å². The lowest BCUT2D eigenvalue weighted by molar-refractivity contribution is 0.0995. The van der Waals surface area contributed by atoms with E-state index in [1.807, 2.05) is 30.3 Å². The standard InChI is InChI=1S/C19H17FN4O2/c1-11-16(20)8-13(18(21)25)9-17(11)23-19(26)15-10-22-24(12(15)2)14-6-4-3-5-7-14/h3-10H,1-2H3,(H2,21,25)(H,23,26). The molecule has 7 heteroatoms. The van der Waals surface area contributed by atoms with Gasteiger partial charge < -0.3 is 11.1 Å². The summed E-state index contributed by atoms with van der Waals surface area (Å²) < 4.78 is 15.6. The van der Waals surface area contributed by atoms with E-state index in [0.29, 0.717) is 11.3 Å². The number of amides is 2. The molecule has 0 saturated heterocycles. The molecule has 26 heavy (non-hydrogen) atoms. The van der Waals surface area contributed by atoms with Gasteiger partial charge in [0.25, 0.3) is 5.91 Å². The van der Waals surface area contributed by atoms with Crippen molar-refractivity contribution in [3.05, 3.63) is 76.9 Å². The third-order valence-electron chi connectivity index (χ3n) is 4.13. The van der Waals surface area contributed by atoms with E-state index in [1.165, 1.54) is 19.2 Å². The molecule has 1 aromatic heterocycles. The number of primary amides is 1. The fraction of sp³-hybridized carbons (Fsp3) is 0.105. The van der Waals surface area contributed by atoms with Crippen LogP contribution in [-0.2, 0) is 0 Å². The van der Waals surface area contributed by atoms with Gasteiger partial charge in [0, 0.05) is 16.8 Å². The number of nitrogens with zero attached hydrogens (tertiary/aromatic N) is 2. The molecule has 3 aromatic rings. The van der Waals surface area contributed by atoms with E-state index in [9.17, 15) is 14.0 Å². The summed E-state index contributed by atoms with van der Waals surface area (Å²) >= 11 is 0. The van der Waals surface area contributed by atoms with E-state index in [2.05, 4.69) is 10.4 Å². The number of nitrogens with one attached hydrogen (secondary N) is 1. The molecular weight excluding hydrogens is 335 g/mol. The van der Waals surface area contributed by atoms with Crippen LogP contribution < -0.4 is 11.1 Å². The normalized spacial score (nSPS) is 10.6. The molecule has 0 fully saturated rings. The van der Waals surface area contributed by atoms with Crippen LogP contribution in [0.15, 0.2) is 48.7 Å². The average Bonchev–Trinajstić information content (AvgIpc) is 3.01. The van der Waals surface area contributed by atoms with Gasteiger partial charge in [-0.25, -0.2) is 9.07 Å². The van der Waals surface area contributed by atoms with Crippen LogP contribution in [0.3, 0.4) is 0 Å². The van der Waals surface area contributed by atoms with E-state index in [0.717, 1.165) is 11.8 Å². The SMILES string of the molecule is Cc1c(F)cc(C(N)=O)cc1NC(=O)c1cnn(-c2ccccc2)c1C. The minimum Gasteiger partial charge on any atom is -0.366 e. The molecule has 0 aliphatic carbocycles. The van der Waals surface area contributed by atoms with Gasteiger partial charge in [-0.2, -0.15) is 5.10 Å². The predicted molar refractivity (Wildman–Crippen MR) is 95.9 cm³/mol. The summed E-state index contributed by atoms with van der Waals surface area (Å²) in [6.07, 6.45) is 1.45. The Balaban J connectivity index is 1.93. The molecule has 0 atom stereocenters. The molecule has 132 valence electrons. The topological polar surface area (TPSA) is 90.0 Å². The van der Waals surface area contributed by atoms with Gasteiger partial charge >= 0.3 is 0 Å². The molecule has 6 nitrogen and oxygen atoms in total. The van der Waals surface area contributed by atoms with Gasteiger partial charge in [0.15, 0.2) is 0 Å². The first-order valence-electron chi connectivity index (χ1n) is 7.90. The summed E-state index contributed by atoms with van der Waals surface area (Å²) in [5.41, 5.74) is 7.40. The summed E-state index contributed by atoms with van der Waals surface area (Å²) in [7, 11) is 0. The molecule has 0 radical (unpaired) electrons. The molecule has 0 spiro atoms. The first kappa shape index (κ1) is 17.3. The second-order valence-corrected chi connectivity index (χ2v) is 5.84. The van der Waals surface area contributed by atoms with Crippen molar-refractivity contribution in [3.63, 3.8) is 0 Å². The highest BCUT2D eigenvalue weighted by atomic mass is 19.1. The minimum atomic E-state index is -0.771. The molecule has 0 bridgehead atoms. The number of para-hydroxylation sites is 1. The van der Waals surface area contributed by atoms with Crippen LogP contribution >= 0.6 is 0 Å². The first-order chi connectivity index (χ1) is 12.4. The van der Waals surface area contributed by atoms with E-state index >= 15 is 0 Å². The zero-order valence-electron chi connectivity index (χ0n) is 14.3. The van der Waals surface area contributed by atoms with Gasteiger partial charge in [-0.05, 0) is 38.1 Å². The Bertz CT molecular complexity index is 996. The number of rotatable bonds is 4. The summed E-state index contributed by atoms with van der Waals surface area (Å²) in [6.45, 7) is 3.28. The average molecular weight is 352 g/mol. The zero-order valence-corrected chi connectivity index (χ0v) is 14.3. The molecule has 0 aliphatic heterocycles. The molecular formula is C19H17FN4O2. The van der Waals surface area contributed by atoms with Gasteiger partial charge in [-0.3, -0.25) is 9.59 Å². The zero-order chi connectivity index (χ0) is 18.8. The van der Waals surface area contributed by atoms with Gasteiger partial charge in [0.2, 0.25) is 5.91 Å². The van der Waals surface area contributed by atoms with E-state index in [-0.39, 0.29) is 16.8 Å². The third-order valence-corrected chi connectivity index (χ3v) is 4.13. The smallest absolute Gasteiger partial charge is 0.259 e. The van der Waals surface area contributed by atoms with Crippen LogP contribution in [0.2, 0.25) is 0 Å². The number of nitrogens with two attached hydrogens (primary N) is 1. The summed E-state index contributed by atoms with van der Waals surface area (Å²) in [4.78, 5) is 23.9. The van der Waals surface area contributed by atoms with Crippen molar-refractivity contribution in [2.24, 2.45) is 5.73 Å². The quantitative estimate of drug-likeness (QED) is 0.756. The van der Waals surface area contributed by atoms with E-state index < -0.39 is 17.6 Å². The number of carbonyl (C=O) groups excluding carboxylic acids is 2. The Morgan fingerprint density at radius 3 is 2.50 bits per heavy atom. The van der Waals surface area contributed by atoms with Crippen molar-refractivity contribution in [2.45, 2.75) is 13.8 Å². The van der Waals surface area contributed by atoms with Crippen LogP contribution in [-0.4, -0.2) is 21.6 Å². The number of benzene rings is 2. The minimum absolute atomic E-state index is 0.0138. The Morgan fingerprint density at radius 1 is 1.15 bits per heavy atom. The van der Waals surface area contributed by atoms with Gasteiger partial charge in [-0.15, -0.1) is 0 Å². The predicted octanol–water partition coefficient (Wildman–Crippen LogP) is 2.98. The highest BCUT2D eigenvalue weighted by molar-refractivity contribution is 6.06. The van der Waals surface area contributed by atoms with Crippen molar-refractivity contribution in [1.82, 2.24) is 9.78 Å². The Kier molecular flexibility index (Phi) is 4.53. The van der Waals surface area contributed by atoms with Gasteiger partial charge in [0.1, 0.15) is 5.82 Å². The van der Waals surface area contributed by atoms with Gasteiger partial charge in [0.05, 0.1) is 23.1 Å². The number of halogens is 1. The fourth-order valence-corrected chi connectivity index (χ4v) is 2.60. The lowest BCUT2D eigenvalue weighted by atomic mass is 10.1. The van der Waals surface area contributed by atoms with Crippen molar-refractivity contribution < 1.29 is 14.0 Å². The third kappa shape index (κ3) is 3.19. The Labute approximate surface area is 149 Å². The van der Waals surface area contributed by atoms with Crippen LogP contribution in [0.1, 0.15) is 32.0 Å². The second-order valence-electron chi connectivity index (χ2n) is 5.84. The highest BCUT2D eigenvalue weighted by Crippen LogP contribution is 2.22. The number of aromatic nitrogens is 2. The summed E-state index contributed by atoms with van der Waals surface area (Å²) in [5, 5.41) is 6.87. The van der Waals surface area contributed by atoms with Crippen molar-refractivity contribution in [3.8, 4) is 5.69 Å². The maximum absolute atomic E-state index is 14.0. The monoisotopic (exact) mass is 352 g/mol. The van der Waals surface area contributed by atoms with Crippen LogP contribution in [0.25, 0.3) is 5.69 Å². The maximum atomic E-state index is 14.0. The summed E-state index contributed by atoms with van der Waals surface area (Å²) in [6, 6.07) is 11.8. The first-order valence-corrected chi connectivity index (χ1v) is 7.90. The van der Waals surface area contributed by atoms with Gasteiger partial charge in [-0.1, -0.05) is 18.2 Å². The lowest BCUT2D eigenvalue weighted by Crippen LogP contribution is -2.17. The molecule has 3 rings (SSSR count). The lowest BCUT2D eigenvalue weighted by Gasteiger charge is -2.11. The largest absolute Gasteiger partial charge is 0.366 e. The highest BCUT2D eigenvalue weighted by Gasteiger charge is 2.18. The molecule has 1 heterocycles. The molecule has 2 amide bonds. The Morgan fingerprint density at radius 2 is 1.85 bits per heavy atom. The molecule has 2 aromatic carbocycles. The maximum Gasteiger partial charge on any atom is 0.259 e. The summed E-state index contributed by atoms with van der Waals surface area (Å²) in [5.74, 6) is -1.84. The number of hydrogen-bond acceptors (Lipinski definition) is 3. The van der Waals surface area contributed by atoms with Crippen molar-refractivity contribution in [1.29, 1.82) is 0 Å². The van der Waals surface area contributed by atoms with E-state index in [1.54, 1.807) is 11.6 Å². The molecule has 3 N–H and O–H groups in total. The van der Waals surface area contributed by atoms with E-state index in [4.69, 9.17) is 5.73 Å². The molecule has 0 aliphatic rings. The molecule has 0 saturated carbocycles. The second kappa shape index (κ2) is 6.79. The number of hydrogen-bond donors (Lipinski definition) is 2. The molecule has 0 unspecified atom stereocenters. The van der Waals surface area contributed by atoms with Crippen LogP contribution in [0.5, 0.6) is 0 Å². The number of anilines is 1. The van der Waals surface area contributed by atoms with Crippen LogP contribution in [0, 0.1) is 19.7 Å².